The zero-order valence-corrected chi connectivity index (χ0v) is 11.0. The Morgan fingerprint density at radius 1 is 1.26 bits per heavy atom. The third kappa shape index (κ3) is 3.68. The Bertz CT molecular complexity index is 544. The molecule has 1 N–H and O–H groups in total. The Morgan fingerprint density at radius 2 is 1.95 bits per heavy atom. The Balaban J connectivity index is 2.06. The summed E-state index contributed by atoms with van der Waals surface area (Å²) >= 11 is 0. The van der Waals surface area contributed by atoms with Crippen LogP contribution in [0.5, 0.6) is 0 Å². The van der Waals surface area contributed by atoms with E-state index >= 15 is 0 Å². The second-order valence-electron chi connectivity index (χ2n) is 4.61. The number of aliphatic carboxylic acids is 1. The average Bonchev–Trinajstić information content (AvgIpc) is 2.79. The van der Waals surface area contributed by atoms with Gasteiger partial charge in [-0.3, -0.25) is 4.79 Å². The highest BCUT2D eigenvalue weighted by Crippen LogP contribution is 2.09. The minimum atomic E-state index is -0.799. The second kappa shape index (κ2) is 6.18. The number of aromatic nitrogens is 2. The normalized spacial score (nSPS) is 10.6. The Hall–Kier alpha value is -2.10. The van der Waals surface area contributed by atoms with Crippen LogP contribution in [-0.4, -0.2) is 20.6 Å². The molecular formula is C15H18N2O2. The maximum Gasteiger partial charge on any atom is 0.307 e. The summed E-state index contributed by atoms with van der Waals surface area (Å²) in [6.07, 6.45) is 5.94. The van der Waals surface area contributed by atoms with Crippen LogP contribution in [0, 0.1) is 0 Å². The lowest BCUT2D eigenvalue weighted by atomic mass is 10.1. The van der Waals surface area contributed by atoms with Gasteiger partial charge in [0.2, 0.25) is 0 Å². The fourth-order valence-electron chi connectivity index (χ4n) is 2.07. The molecule has 19 heavy (non-hydrogen) atoms. The number of hydrogen-bond donors (Lipinski definition) is 1. The van der Waals surface area contributed by atoms with Crippen molar-refractivity contribution < 1.29 is 9.90 Å². The van der Waals surface area contributed by atoms with Gasteiger partial charge in [0.05, 0.1) is 6.42 Å². The lowest BCUT2D eigenvalue weighted by Gasteiger charge is -2.08. The highest BCUT2D eigenvalue weighted by molar-refractivity contribution is 5.70. The molecule has 1 aromatic carbocycles. The highest BCUT2D eigenvalue weighted by atomic mass is 16.4. The number of carbonyl (C=O) groups is 1. The molecule has 0 saturated carbocycles. The third-order valence-electron chi connectivity index (χ3n) is 3.01. The average molecular weight is 258 g/mol. The fourth-order valence-corrected chi connectivity index (χ4v) is 2.07. The van der Waals surface area contributed by atoms with E-state index < -0.39 is 5.97 Å². The van der Waals surface area contributed by atoms with E-state index in [1.54, 1.807) is 0 Å². The SMILES string of the molecule is CCCc1nccn1Cc1ccc(CC(=O)O)cc1. The van der Waals surface area contributed by atoms with E-state index in [2.05, 4.69) is 16.5 Å². The van der Waals surface area contributed by atoms with Crippen LogP contribution in [0.2, 0.25) is 0 Å². The third-order valence-corrected chi connectivity index (χ3v) is 3.01. The van der Waals surface area contributed by atoms with Gasteiger partial charge < -0.3 is 9.67 Å². The zero-order chi connectivity index (χ0) is 13.7. The first-order chi connectivity index (χ1) is 9.19. The molecule has 0 radical (unpaired) electrons. The summed E-state index contributed by atoms with van der Waals surface area (Å²) < 4.78 is 2.13. The maximum absolute atomic E-state index is 10.6. The predicted octanol–water partition coefficient (Wildman–Crippen LogP) is 2.51. The smallest absolute Gasteiger partial charge is 0.307 e. The van der Waals surface area contributed by atoms with E-state index in [9.17, 15) is 4.79 Å². The van der Waals surface area contributed by atoms with Crippen molar-refractivity contribution in [2.45, 2.75) is 32.7 Å². The molecule has 0 fully saturated rings. The molecule has 0 unspecified atom stereocenters. The maximum atomic E-state index is 10.6. The van der Waals surface area contributed by atoms with Crippen LogP contribution in [0.4, 0.5) is 0 Å². The minimum Gasteiger partial charge on any atom is -0.481 e. The Kier molecular flexibility index (Phi) is 4.34. The summed E-state index contributed by atoms with van der Waals surface area (Å²) in [6, 6.07) is 7.71. The molecule has 4 heteroatoms. The molecule has 0 aliphatic carbocycles. The summed E-state index contributed by atoms with van der Waals surface area (Å²) in [5.74, 6) is 0.296. The second-order valence-corrected chi connectivity index (χ2v) is 4.61. The van der Waals surface area contributed by atoms with Crippen molar-refractivity contribution in [3.05, 3.63) is 53.6 Å². The van der Waals surface area contributed by atoms with Crippen molar-refractivity contribution >= 4 is 5.97 Å². The lowest BCUT2D eigenvalue weighted by molar-refractivity contribution is -0.136. The van der Waals surface area contributed by atoms with Gasteiger partial charge in [0.25, 0.3) is 0 Å². The number of hydrogen-bond acceptors (Lipinski definition) is 2. The molecule has 2 rings (SSSR count). The number of rotatable bonds is 6. The number of nitrogens with zero attached hydrogens (tertiary/aromatic N) is 2. The highest BCUT2D eigenvalue weighted by Gasteiger charge is 2.04. The number of carboxylic acid groups (broad SMARTS) is 1. The number of benzene rings is 1. The fraction of sp³-hybridized carbons (Fsp3) is 0.333. The minimum absolute atomic E-state index is 0.0758. The van der Waals surface area contributed by atoms with E-state index in [-0.39, 0.29) is 6.42 Å². The lowest BCUT2D eigenvalue weighted by Crippen LogP contribution is -2.05. The van der Waals surface area contributed by atoms with Crippen LogP contribution in [0.1, 0.15) is 30.3 Å². The van der Waals surface area contributed by atoms with Gasteiger partial charge >= 0.3 is 5.97 Å². The molecule has 0 aliphatic heterocycles. The van der Waals surface area contributed by atoms with E-state index in [0.29, 0.717) is 0 Å². The number of carboxylic acids is 1. The summed E-state index contributed by atoms with van der Waals surface area (Å²) in [6.45, 7) is 2.92. The predicted molar refractivity (Wildman–Crippen MR) is 73.1 cm³/mol. The van der Waals surface area contributed by atoms with E-state index in [1.807, 2.05) is 36.7 Å². The van der Waals surface area contributed by atoms with Gasteiger partial charge in [0.1, 0.15) is 5.82 Å². The molecule has 0 amide bonds. The van der Waals surface area contributed by atoms with Crippen LogP contribution in [0.15, 0.2) is 36.7 Å². The van der Waals surface area contributed by atoms with Crippen molar-refractivity contribution in [2.24, 2.45) is 0 Å². The van der Waals surface area contributed by atoms with Gasteiger partial charge in [-0.25, -0.2) is 4.98 Å². The van der Waals surface area contributed by atoms with Gasteiger partial charge in [-0.05, 0) is 17.5 Å². The molecule has 0 atom stereocenters. The van der Waals surface area contributed by atoms with Gasteiger partial charge in [-0.1, -0.05) is 31.2 Å². The van der Waals surface area contributed by atoms with Crippen LogP contribution in [0.3, 0.4) is 0 Å². The number of aryl methyl sites for hydroxylation is 1. The molecule has 0 aliphatic rings. The van der Waals surface area contributed by atoms with E-state index in [0.717, 1.165) is 36.3 Å². The first kappa shape index (κ1) is 13.3. The topological polar surface area (TPSA) is 55.1 Å². The van der Waals surface area contributed by atoms with Crippen molar-refractivity contribution in [3.8, 4) is 0 Å². The summed E-state index contributed by atoms with van der Waals surface area (Å²) in [7, 11) is 0. The van der Waals surface area contributed by atoms with Crippen molar-refractivity contribution in [1.82, 2.24) is 9.55 Å². The van der Waals surface area contributed by atoms with E-state index in [4.69, 9.17) is 5.11 Å². The molecule has 2 aromatic rings. The van der Waals surface area contributed by atoms with Crippen molar-refractivity contribution in [1.29, 1.82) is 0 Å². The van der Waals surface area contributed by atoms with Crippen molar-refractivity contribution in [3.63, 3.8) is 0 Å². The first-order valence-corrected chi connectivity index (χ1v) is 6.48. The molecule has 1 aromatic heterocycles. The van der Waals surface area contributed by atoms with Gasteiger partial charge in [-0.2, -0.15) is 0 Å². The standard InChI is InChI=1S/C15H18N2O2/c1-2-3-14-16-8-9-17(14)11-13-6-4-12(5-7-13)10-15(18)19/h4-9H,2-3,10-11H2,1H3,(H,18,19). The van der Waals surface area contributed by atoms with Gasteiger partial charge in [0.15, 0.2) is 0 Å². The first-order valence-electron chi connectivity index (χ1n) is 6.48. The quantitative estimate of drug-likeness (QED) is 0.866. The monoisotopic (exact) mass is 258 g/mol. The molecule has 1 heterocycles. The molecular weight excluding hydrogens is 240 g/mol. The molecule has 0 saturated heterocycles. The zero-order valence-electron chi connectivity index (χ0n) is 11.0. The van der Waals surface area contributed by atoms with Crippen LogP contribution in [0.25, 0.3) is 0 Å². The van der Waals surface area contributed by atoms with Crippen molar-refractivity contribution in [2.75, 3.05) is 0 Å². The van der Waals surface area contributed by atoms with Crippen LogP contribution in [-0.2, 0) is 24.2 Å². The van der Waals surface area contributed by atoms with Crippen LogP contribution < -0.4 is 0 Å². The summed E-state index contributed by atoms with van der Waals surface area (Å²) in [5.41, 5.74) is 1.99. The largest absolute Gasteiger partial charge is 0.481 e. The molecule has 0 spiro atoms. The molecule has 100 valence electrons. The summed E-state index contributed by atoms with van der Waals surface area (Å²) in [4.78, 5) is 15.0. The number of imidazole rings is 1. The van der Waals surface area contributed by atoms with Crippen LogP contribution >= 0.6 is 0 Å². The molecule has 0 bridgehead atoms. The Labute approximate surface area is 112 Å². The Morgan fingerprint density at radius 3 is 2.58 bits per heavy atom. The molecule has 4 nitrogen and oxygen atoms in total. The van der Waals surface area contributed by atoms with Gasteiger partial charge in [0, 0.05) is 25.4 Å². The van der Waals surface area contributed by atoms with E-state index in [1.165, 1.54) is 0 Å². The summed E-state index contributed by atoms with van der Waals surface area (Å²) in [5, 5.41) is 8.73. The van der Waals surface area contributed by atoms with Gasteiger partial charge in [-0.15, -0.1) is 0 Å².